The number of rotatable bonds is 11. The first-order valence-corrected chi connectivity index (χ1v) is 15.0. The van der Waals surface area contributed by atoms with Gasteiger partial charge >= 0.3 is 12.1 Å². The fourth-order valence-electron chi connectivity index (χ4n) is 4.19. The van der Waals surface area contributed by atoms with Crippen molar-refractivity contribution in [2.24, 2.45) is 11.3 Å². The molecule has 3 aromatic rings. The third-order valence-corrected chi connectivity index (χ3v) is 9.64. The van der Waals surface area contributed by atoms with Crippen molar-refractivity contribution in [3.63, 3.8) is 0 Å². The minimum absolute atomic E-state index is 0.0100. The average Bonchev–Trinajstić information content (AvgIpc) is 3.46. The number of benzene rings is 1. The highest BCUT2D eigenvalue weighted by Crippen LogP contribution is 2.44. The van der Waals surface area contributed by atoms with Gasteiger partial charge in [-0.3, -0.25) is 4.79 Å². The van der Waals surface area contributed by atoms with Crippen LogP contribution in [0.4, 0.5) is 26.3 Å². The van der Waals surface area contributed by atoms with Crippen molar-refractivity contribution in [1.29, 1.82) is 0 Å². The molecule has 1 saturated carbocycles. The summed E-state index contributed by atoms with van der Waals surface area (Å²) in [6, 6.07) is -1.05. The van der Waals surface area contributed by atoms with Crippen LogP contribution in [0.1, 0.15) is 63.6 Å². The molecule has 230 valence electrons. The number of halogens is 6. The number of hydrogen-bond acceptors (Lipinski definition) is 8. The zero-order valence-corrected chi connectivity index (χ0v) is 24.1. The van der Waals surface area contributed by atoms with Crippen LogP contribution in [-0.2, 0) is 27.7 Å². The van der Waals surface area contributed by atoms with Gasteiger partial charge in [0, 0.05) is 12.0 Å². The van der Waals surface area contributed by atoms with Crippen LogP contribution in [0.25, 0.3) is 21.3 Å². The molecule has 0 unspecified atom stereocenters. The van der Waals surface area contributed by atoms with Crippen molar-refractivity contribution in [2.75, 3.05) is 0 Å². The van der Waals surface area contributed by atoms with Gasteiger partial charge in [0.05, 0.1) is 21.5 Å². The Labute approximate surface area is 240 Å². The van der Waals surface area contributed by atoms with E-state index in [-0.39, 0.29) is 39.5 Å². The first kappa shape index (κ1) is 31.9. The molecule has 9 nitrogen and oxygen atoms in total. The van der Waals surface area contributed by atoms with Crippen molar-refractivity contribution < 1.29 is 49.2 Å². The summed E-state index contributed by atoms with van der Waals surface area (Å²) in [5.41, 5.74) is -2.61. The molecule has 2 heterocycles. The number of carboxylic acid groups (broad SMARTS) is 1. The lowest BCUT2D eigenvalue weighted by Crippen LogP contribution is -2.43. The molecule has 1 aliphatic rings. The van der Waals surface area contributed by atoms with E-state index in [1.807, 2.05) is 0 Å². The molecule has 1 atom stereocenters. The van der Waals surface area contributed by atoms with Gasteiger partial charge in [-0.1, -0.05) is 30.5 Å². The third-order valence-electron chi connectivity index (χ3n) is 6.96. The average molecular weight is 641 g/mol. The second-order valence-electron chi connectivity index (χ2n) is 10.7. The topological polar surface area (TPSA) is 135 Å². The maximum atomic E-state index is 15.5. The van der Waals surface area contributed by atoms with E-state index >= 15 is 4.39 Å². The molecular formula is C25H26F6N4O5S2. The van der Waals surface area contributed by atoms with E-state index in [2.05, 4.69) is 15.1 Å². The van der Waals surface area contributed by atoms with Gasteiger partial charge in [-0.25, -0.2) is 26.6 Å². The first-order chi connectivity index (χ1) is 19.4. The number of nitrogens with zero attached hydrogens (tertiary/aromatic N) is 3. The Bertz CT molecular complexity index is 1580. The Morgan fingerprint density at radius 1 is 1.21 bits per heavy atom. The number of aromatic nitrogens is 3. The molecular weight excluding hydrogens is 614 g/mol. The Balaban J connectivity index is 1.78. The second-order valence-corrected chi connectivity index (χ2v) is 13.4. The molecule has 2 aromatic heterocycles. The fourth-order valence-corrected chi connectivity index (χ4v) is 6.57. The summed E-state index contributed by atoms with van der Waals surface area (Å²) >= 11 is 0.821. The van der Waals surface area contributed by atoms with E-state index in [9.17, 15) is 40.3 Å². The molecule has 1 aliphatic carbocycles. The summed E-state index contributed by atoms with van der Waals surface area (Å²) in [6.45, 7) is 3.41. The van der Waals surface area contributed by atoms with Crippen LogP contribution in [-0.4, -0.2) is 46.8 Å². The van der Waals surface area contributed by atoms with Crippen LogP contribution >= 0.6 is 11.3 Å². The predicted octanol–water partition coefficient (Wildman–Crippen LogP) is 6.16. The molecule has 0 saturated heterocycles. The van der Waals surface area contributed by atoms with Gasteiger partial charge in [0.2, 0.25) is 21.7 Å². The molecule has 0 radical (unpaired) electrons. The summed E-state index contributed by atoms with van der Waals surface area (Å²) in [4.78, 5) is 18.9. The Morgan fingerprint density at radius 2 is 1.88 bits per heavy atom. The second kappa shape index (κ2) is 11.6. The molecule has 4 rings (SSSR count). The van der Waals surface area contributed by atoms with Crippen molar-refractivity contribution >= 4 is 27.3 Å². The van der Waals surface area contributed by atoms with Gasteiger partial charge in [0.15, 0.2) is 10.8 Å². The molecule has 42 heavy (non-hydrogen) atoms. The highest BCUT2D eigenvalue weighted by atomic mass is 32.2. The van der Waals surface area contributed by atoms with Crippen LogP contribution < -0.4 is 4.72 Å². The van der Waals surface area contributed by atoms with E-state index in [0.29, 0.717) is 25.1 Å². The highest BCUT2D eigenvalue weighted by Gasteiger charge is 2.40. The standard InChI is InChI=1S/C25H26F6N4O5S2/c1-11(25(29,30)31)35-42(38,39)15-8-7-13(17(18(15)26)20(27)28)19-14(9-12-5-4-6-12)32-22(41-19)21-33-16(40-34-21)10-24(2,3)23(36)37/h7-8,11-12,20,35H,4-6,9-10H2,1-3H3,(H,36,37)/t11-/m0/s1. The van der Waals surface area contributed by atoms with Gasteiger partial charge < -0.3 is 9.63 Å². The Hall–Kier alpha value is -3.05. The number of thiazole rings is 1. The molecule has 17 heteroatoms. The summed E-state index contributed by atoms with van der Waals surface area (Å²) in [5.74, 6) is -2.88. The van der Waals surface area contributed by atoms with Crippen molar-refractivity contribution in [2.45, 2.75) is 76.4 Å². The van der Waals surface area contributed by atoms with Crippen LogP contribution in [0.2, 0.25) is 0 Å². The van der Waals surface area contributed by atoms with Crippen LogP contribution in [0.3, 0.4) is 0 Å². The van der Waals surface area contributed by atoms with Gasteiger partial charge in [0.25, 0.3) is 6.43 Å². The SMILES string of the molecule is C[C@H](NS(=O)(=O)c1ccc(-c2sc(-c3noc(CC(C)(C)C(=O)O)n3)nc2CC2CCC2)c(C(F)F)c1F)C(F)(F)F. The van der Waals surface area contributed by atoms with Crippen LogP contribution in [0, 0.1) is 17.2 Å². The lowest BCUT2D eigenvalue weighted by molar-refractivity contribution is -0.147. The molecule has 1 aromatic carbocycles. The molecule has 2 N–H and O–H groups in total. The van der Waals surface area contributed by atoms with Gasteiger partial charge in [-0.15, -0.1) is 11.3 Å². The smallest absolute Gasteiger partial charge is 0.404 e. The monoisotopic (exact) mass is 640 g/mol. The van der Waals surface area contributed by atoms with Crippen molar-refractivity contribution in [3.05, 3.63) is 35.1 Å². The minimum atomic E-state index is -5.17. The third kappa shape index (κ3) is 6.62. The number of alkyl halides is 5. The molecule has 0 aliphatic heterocycles. The quantitative estimate of drug-likeness (QED) is 0.238. The normalized spacial score (nSPS) is 15.7. The fraction of sp³-hybridized carbons (Fsp3) is 0.520. The van der Waals surface area contributed by atoms with E-state index in [0.717, 1.165) is 36.7 Å². The number of aliphatic carboxylic acids is 1. The number of carbonyl (C=O) groups is 1. The number of hydrogen-bond donors (Lipinski definition) is 2. The van der Waals surface area contributed by atoms with Crippen molar-refractivity contribution in [1.82, 2.24) is 19.8 Å². The maximum absolute atomic E-state index is 15.5. The maximum Gasteiger partial charge on any atom is 0.404 e. The van der Waals surface area contributed by atoms with Crippen LogP contribution in [0.15, 0.2) is 21.6 Å². The van der Waals surface area contributed by atoms with Gasteiger partial charge in [-0.2, -0.15) is 22.9 Å². The zero-order valence-electron chi connectivity index (χ0n) is 22.4. The minimum Gasteiger partial charge on any atom is -0.481 e. The number of carboxylic acids is 1. The summed E-state index contributed by atoms with van der Waals surface area (Å²) in [6.07, 6.45) is -5.66. The largest absolute Gasteiger partial charge is 0.481 e. The van der Waals surface area contributed by atoms with Gasteiger partial charge in [-0.05, 0) is 39.2 Å². The molecule has 0 amide bonds. The number of nitrogens with one attached hydrogen (secondary N) is 1. The summed E-state index contributed by atoms with van der Waals surface area (Å²) in [5, 5.41) is 13.3. The van der Waals surface area contributed by atoms with E-state index in [1.54, 1.807) is 0 Å². The Morgan fingerprint density at radius 3 is 2.43 bits per heavy atom. The first-order valence-electron chi connectivity index (χ1n) is 12.7. The summed E-state index contributed by atoms with van der Waals surface area (Å²) < 4.78 is 114. The molecule has 0 spiro atoms. The molecule has 1 fully saturated rings. The lowest BCUT2D eigenvalue weighted by atomic mass is 9.81. The van der Waals surface area contributed by atoms with Gasteiger partial charge in [0.1, 0.15) is 10.9 Å². The van der Waals surface area contributed by atoms with E-state index < -0.39 is 56.3 Å². The van der Waals surface area contributed by atoms with Crippen molar-refractivity contribution in [3.8, 4) is 21.3 Å². The lowest BCUT2D eigenvalue weighted by Gasteiger charge is -2.25. The molecule has 0 bridgehead atoms. The zero-order chi connectivity index (χ0) is 31.2. The predicted molar refractivity (Wildman–Crippen MR) is 138 cm³/mol. The highest BCUT2D eigenvalue weighted by molar-refractivity contribution is 7.89. The summed E-state index contributed by atoms with van der Waals surface area (Å²) in [7, 11) is -5.17. The Kier molecular flexibility index (Phi) is 8.77. The number of sulfonamides is 1. The van der Waals surface area contributed by atoms with E-state index in [4.69, 9.17) is 4.52 Å². The van der Waals surface area contributed by atoms with E-state index in [1.165, 1.54) is 18.6 Å². The van der Waals surface area contributed by atoms with Crippen LogP contribution in [0.5, 0.6) is 0 Å².